The number of nitrogens with zero attached hydrogens (tertiary/aromatic N) is 1. The van der Waals surface area contributed by atoms with Gasteiger partial charge in [0, 0.05) is 0 Å². The van der Waals surface area contributed by atoms with Crippen molar-refractivity contribution in [2.24, 2.45) is 8.91 Å². The van der Waals surface area contributed by atoms with Crippen molar-refractivity contribution in [3.63, 3.8) is 0 Å². The minimum absolute atomic E-state index is 0.0390. The zero-order valence-electron chi connectivity index (χ0n) is 8.81. The van der Waals surface area contributed by atoms with Gasteiger partial charge in [0.1, 0.15) is 0 Å². The number of halogens is 1. The molecule has 0 aromatic carbocycles. The van der Waals surface area contributed by atoms with Gasteiger partial charge in [-0.1, -0.05) is 0 Å². The molecule has 3 heteroatoms. The Labute approximate surface area is 85.4 Å². The molecule has 0 unspecified atom stereocenters. The van der Waals surface area contributed by atoms with Crippen molar-refractivity contribution in [1.82, 2.24) is 0 Å². The third-order valence-electron chi connectivity index (χ3n) is 0.812. The molecule has 0 fully saturated rings. The van der Waals surface area contributed by atoms with Crippen LogP contribution in [0.2, 0.25) is 0 Å². The van der Waals surface area contributed by atoms with Gasteiger partial charge in [-0.25, -0.2) is 0 Å². The molecule has 0 aliphatic heterocycles. The van der Waals surface area contributed by atoms with E-state index in [4.69, 9.17) is 9.42 Å². The molecule has 0 rings (SSSR count). The van der Waals surface area contributed by atoms with Crippen LogP contribution in [0.25, 0.3) is 0 Å². The average molecular weight is 361 g/mol. The summed E-state index contributed by atoms with van der Waals surface area (Å²) in [7, 11) is 6.22. The maximum atomic E-state index is 6.22. The van der Waals surface area contributed by atoms with Crippen molar-refractivity contribution in [2.75, 3.05) is 0 Å². The first-order valence-electron chi connectivity index (χ1n) is 4.08. The van der Waals surface area contributed by atoms with E-state index in [0.717, 1.165) is 0 Å². The molecule has 0 saturated carbocycles. The fourth-order valence-electron chi connectivity index (χ4n) is 0.580. The monoisotopic (exact) mass is 360 g/mol. The molecule has 0 heterocycles. The molecule has 0 aliphatic carbocycles. The molecule has 0 aliphatic rings. The quantitative estimate of drug-likeness (QED) is 0.626. The Morgan fingerprint density at radius 2 is 1.50 bits per heavy atom. The third-order valence-corrected chi connectivity index (χ3v) is 7.94. The fourth-order valence-corrected chi connectivity index (χ4v) is 8.63. The van der Waals surface area contributed by atoms with Crippen molar-refractivity contribution in [1.29, 1.82) is 0 Å². The van der Waals surface area contributed by atoms with E-state index in [1.807, 2.05) is 0 Å². The van der Waals surface area contributed by atoms with Crippen LogP contribution in [-0.4, -0.2) is 9.94 Å². The van der Waals surface area contributed by atoms with Crippen LogP contribution in [0.4, 0.5) is 0 Å². The molecular weight excluding hydrogens is 341 g/mol. The van der Waals surface area contributed by atoms with Gasteiger partial charge in [0.15, 0.2) is 0 Å². The summed E-state index contributed by atoms with van der Waals surface area (Å²) < 4.78 is 6.85. The number of rotatable bonds is 0. The van der Waals surface area contributed by atoms with Gasteiger partial charge in [0.2, 0.25) is 0 Å². The first-order chi connectivity index (χ1) is 5.10. The van der Waals surface area contributed by atoms with Crippen molar-refractivity contribution in [3.8, 4) is 0 Å². The zero-order chi connectivity index (χ0) is 9.99. The standard InChI is InChI=1S/C5H10.C4H9N.ClH.W/c1-5(2,3)4;1-4(2,3)5;;/h1H,2-4H3;1-3H3;1H;/q;;;+1/p-1. The van der Waals surface area contributed by atoms with Gasteiger partial charge >= 0.3 is 85.4 Å². The van der Waals surface area contributed by atoms with Crippen molar-refractivity contribution >= 4 is 13.8 Å². The predicted octanol–water partition coefficient (Wildman–Crippen LogP) is 3.59. The van der Waals surface area contributed by atoms with E-state index in [0.29, 0.717) is 0 Å². The van der Waals surface area contributed by atoms with Crippen molar-refractivity contribution in [3.05, 3.63) is 0 Å². The Kier molecular flexibility index (Phi) is 4.47. The van der Waals surface area contributed by atoms with E-state index in [-0.39, 0.29) is 11.0 Å². The topological polar surface area (TPSA) is 12.4 Å². The van der Waals surface area contributed by atoms with Crippen LogP contribution in [0.1, 0.15) is 41.5 Å². The first kappa shape index (κ1) is 12.6. The van der Waals surface area contributed by atoms with Gasteiger partial charge in [0.05, 0.1) is 0 Å². The molecule has 73 valence electrons. The molecule has 0 spiro atoms. The number of hydrogen-bond acceptors (Lipinski definition) is 1. The van der Waals surface area contributed by atoms with Crippen molar-refractivity contribution in [2.45, 2.75) is 47.1 Å². The van der Waals surface area contributed by atoms with E-state index in [2.05, 4.69) is 49.4 Å². The summed E-state index contributed by atoms with van der Waals surface area (Å²) in [6.45, 7) is 12.8. The summed E-state index contributed by atoms with van der Waals surface area (Å²) in [6, 6.07) is 0. The van der Waals surface area contributed by atoms with Crippen LogP contribution < -0.4 is 0 Å². The van der Waals surface area contributed by atoms with E-state index in [9.17, 15) is 0 Å². The first-order valence-corrected chi connectivity index (χ1v) is 10.7. The van der Waals surface area contributed by atoms with Gasteiger partial charge in [-0.05, 0) is 0 Å². The predicted molar refractivity (Wildman–Crippen MR) is 53.6 cm³/mol. The summed E-state index contributed by atoms with van der Waals surface area (Å²) >= 11 is -2.00. The summed E-state index contributed by atoms with van der Waals surface area (Å²) in [6.07, 6.45) is 0. The molecule has 0 atom stereocenters. The van der Waals surface area contributed by atoms with E-state index < -0.39 is 15.6 Å². The Morgan fingerprint density at radius 1 is 1.08 bits per heavy atom. The third kappa shape index (κ3) is 8.74. The van der Waals surface area contributed by atoms with Crippen LogP contribution in [0.15, 0.2) is 3.50 Å². The maximum absolute atomic E-state index is 6.22. The second kappa shape index (κ2) is 4.24. The average Bonchev–Trinajstić information content (AvgIpc) is 1.49. The Balaban J connectivity index is 4.71. The van der Waals surface area contributed by atoms with Crippen LogP contribution >= 0.6 is 9.42 Å². The summed E-state index contributed by atoms with van der Waals surface area (Å²) in [5.41, 5.74) is 0.265. The summed E-state index contributed by atoms with van der Waals surface area (Å²) in [5.74, 6) is 0. The molecular formula is C9H19ClNW. The van der Waals surface area contributed by atoms with E-state index in [1.165, 1.54) is 0 Å². The molecule has 0 saturated heterocycles. The molecule has 0 radical (unpaired) electrons. The van der Waals surface area contributed by atoms with Gasteiger partial charge in [-0.2, -0.15) is 0 Å². The summed E-state index contributed by atoms with van der Waals surface area (Å²) in [5, 5.41) is 0. The fraction of sp³-hybridized carbons (Fsp3) is 0.889. The molecule has 0 aromatic rings. The second-order valence-corrected chi connectivity index (χ2v) is 11.0. The van der Waals surface area contributed by atoms with Crippen molar-refractivity contribution < 1.29 is 15.6 Å². The van der Waals surface area contributed by atoms with E-state index >= 15 is 0 Å². The number of hydrogen-bond donors (Lipinski definition) is 0. The molecule has 0 bridgehead atoms. The van der Waals surface area contributed by atoms with Crippen LogP contribution in [0, 0.1) is 5.41 Å². The van der Waals surface area contributed by atoms with Crippen LogP contribution in [0.5, 0.6) is 0 Å². The normalized spacial score (nSPS) is 15.4. The molecule has 1 nitrogen and oxygen atoms in total. The van der Waals surface area contributed by atoms with Gasteiger partial charge < -0.3 is 0 Å². The molecule has 0 amide bonds. The molecule has 12 heavy (non-hydrogen) atoms. The Bertz CT molecular complexity index is 202. The van der Waals surface area contributed by atoms with Crippen LogP contribution in [-0.2, 0) is 15.6 Å². The van der Waals surface area contributed by atoms with Gasteiger partial charge in [-0.15, -0.1) is 0 Å². The zero-order valence-corrected chi connectivity index (χ0v) is 12.5. The Morgan fingerprint density at radius 3 is 1.75 bits per heavy atom. The molecule has 0 aromatic heterocycles. The van der Waals surface area contributed by atoms with Gasteiger partial charge in [-0.3, -0.25) is 0 Å². The van der Waals surface area contributed by atoms with E-state index in [1.54, 1.807) is 0 Å². The minimum atomic E-state index is -2.00. The molecule has 0 N–H and O–H groups in total. The van der Waals surface area contributed by atoms with Crippen LogP contribution in [0.3, 0.4) is 0 Å². The Hall–Kier alpha value is 0.648. The second-order valence-electron chi connectivity index (χ2n) is 5.01. The SMILES string of the molecule is CC(C)(C)[CH]=[W]([Cl])=[N]C(C)(C)C. The summed E-state index contributed by atoms with van der Waals surface area (Å²) in [4.78, 5) is 0. The van der Waals surface area contributed by atoms with Gasteiger partial charge in [0.25, 0.3) is 0 Å².